The van der Waals surface area contributed by atoms with E-state index in [1.54, 1.807) is 42.5 Å². The summed E-state index contributed by atoms with van der Waals surface area (Å²) in [6.45, 7) is 2.58. The van der Waals surface area contributed by atoms with E-state index in [2.05, 4.69) is 17.4 Å². The summed E-state index contributed by atoms with van der Waals surface area (Å²) >= 11 is 12.7. The number of rotatable bonds is 6. The van der Waals surface area contributed by atoms with Crippen LogP contribution in [0.15, 0.2) is 89.9 Å². The van der Waals surface area contributed by atoms with E-state index in [0.29, 0.717) is 22.2 Å². The summed E-state index contributed by atoms with van der Waals surface area (Å²) in [5.41, 5.74) is 6.34. The highest BCUT2D eigenvalue weighted by Crippen LogP contribution is 2.36. The normalized spacial score (nSPS) is 14.7. The Hall–Kier alpha value is -3.67. The summed E-state index contributed by atoms with van der Waals surface area (Å²) in [5.74, 6) is 0.468. The Morgan fingerprint density at radius 1 is 1.00 bits per heavy atom. The van der Waals surface area contributed by atoms with Gasteiger partial charge in [-0.15, -0.1) is 0 Å². The summed E-state index contributed by atoms with van der Waals surface area (Å²) in [5, 5.41) is 4.33. The molecule has 0 saturated carbocycles. The standard InChI is InChI=1S/C32H28Cl2FN3O/c1-20(38(2)19-21-6-14-25(35)15-7-21)36-26-16-12-22-13-17-30(27(22)18-26)37-32(39)24-10-8-23(9-11-24)31-28(33)4-3-5-29(31)34/h3-12,14-16,18,30H,13,17,19H2,1-2H3,(H,37,39). The fourth-order valence-electron chi connectivity index (χ4n) is 4.86. The fraction of sp³-hybridized carbons (Fsp3) is 0.188. The predicted octanol–water partition coefficient (Wildman–Crippen LogP) is 8.40. The van der Waals surface area contributed by atoms with Crippen LogP contribution in [0.5, 0.6) is 0 Å². The fourth-order valence-corrected chi connectivity index (χ4v) is 5.48. The van der Waals surface area contributed by atoms with Gasteiger partial charge in [0, 0.05) is 34.8 Å². The first-order chi connectivity index (χ1) is 18.8. The molecule has 1 amide bonds. The van der Waals surface area contributed by atoms with Crippen LogP contribution in [0.1, 0.15) is 46.4 Å². The van der Waals surface area contributed by atoms with Crippen molar-refractivity contribution in [2.24, 2.45) is 4.99 Å². The van der Waals surface area contributed by atoms with Crippen LogP contribution in [0, 0.1) is 5.82 Å². The molecule has 1 unspecified atom stereocenters. The average Bonchev–Trinajstić information content (AvgIpc) is 3.32. The smallest absolute Gasteiger partial charge is 0.251 e. The van der Waals surface area contributed by atoms with Gasteiger partial charge in [-0.2, -0.15) is 0 Å². The van der Waals surface area contributed by atoms with Crippen molar-refractivity contribution in [3.05, 3.63) is 123 Å². The Bertz CT molecular complexity index is 1510. The lowest BCUT2D eigenvalue weighted by Crippen LogP contribution is -2.27. The molecule has 5 rings (SSSR count). The molecule has 39 heavy (non-hydrogen) atoms. The lowest BCUT2D eigenvalue weighted by atomic mass is 10.0. The summed E-state index contributed by atoms with van der Waals surface area (Å²) in [6.07, 6.45) is 1.74. The summed E-state index contributed by atoms with van der Waals surface area (Å²) < 4.78 is 13.2. The lowest BCUT2D eigenvalue weighted by Gasteiger charge is -2.19. The van der Waals surface area contributed by atoms with Gasteiger partial charge in [0.1, 0.15) is 11.7 Å². The van der Waals surface area contributed by atoms with E-state index in [9.17, 15) is 9.18 Å². The van der Waals surface area contributed by atoms with Crippen molar-refractivity contribution in [2.75, 3.05) is 7.05 Å². The number of hydrogen-bond donors (Lipinski definition) is 1. The second-order valence-electron chi connectivity index (χ2n) is 9.76. The lowest BCUT2D eigenvalue weighted by molar-refractivity contribution is 0.0936. The molecule has 1 aliphatic carbocycles. The molecule has 4 nitrogen and oxygen atoms in total. The van der Waals surface area contributed by atoms with Crippen molar-refractivity contribution in [1.82, 2.24) is 10.2 Å². The van der Waals surface area contributed by atoms with Gasteiger partial charge < -0.3 is 10.2 Å². The number of carbonyl (C=O) groups is 1. The van der Waals surface area contributed by atoms with Crippen LogP contribution < -0.4 is 5.32 Å². The molecule has 7 heteroatoms. The minimum absolute atomic E-state index is 0.0856. The summed E-state index contributed by atoms with van der Waals surface area (Å²) in [4.78, 5) is 20.0. The van der Waals surface area contributed by atoms with Crippen LogP contribution in [-0.2, 0) is 13.0 Å². The van der Waals surface area contributed by atoms with Crippen LogP contribution >= 0.6 is 23.2 Å². The molecule has 0 spiro atoms. The van der Waals surface area contributed by atoms with Crippen LogP contribution in [0.2, 0.25) is 10.0 Å². The molecule has 1 aliphatic rings. The van der Waals surface area contributed by atoms with E-state index in [0.717, 1.165) is 46.6 Å². The molecule has 4 aromatic carbocycles. The van der Waals surface area contributed by atoms with E-state index in [-0.39, 0.29) is 17.8 Å². The van der Waals surface area contributed by atoms with Crippen molar-refractivity contribution < 1.29 is 9.18 Å². The first-order valence-electron chi connectivity index (χ1n) is 12.8. The van der Waals surface area contributed by atoms with E-state index in [1.165, 1.54) is 17.7 Å². The number of amides is 1. The molecule has 1 atom stereocenters. The van der Waals surface area contributed by atoms with Crippen molar-refractivity contribution in [3.63, 3.8) is 0 Å². The minimum Gasteiger partial charge on any atom is -0.359 e. The van der Waals surface area contributed by atoms with E-state index in [1.807, 2.05) is 37.1 Å². The molecule has 0 heterocycles. The average molecular weight is 561 g/mol. The number of nitrogens with one attached hydrogen (secondary N) is 1. The maximum absolute atomic E-state index is 13.2. The van der Waals surface area contributed by atoms with E-state index in [4.69, 9.17) is 28.2 Å². The third-order valence-corrected chi connectivity index (χ3v) is 7.72. The first-order valence-corrected chi connectivity index (χ1v) is 13.5. The van der Waals surface area contributed by atoms with Gasteiger partial charge in [-0.05, 0) is 90.6 Å². The number of aryl methyl sites for hydroxylation is 1. The number of fused-ring (bicyclic) bond motifs is 1. The Morgan fingerprint density at radius 3 is 2.38 bits per heavy atom. The molecule has 0 aromatic heterocycles. The minimum atomic E-state index is -0.245. The summed E-state index contributed by atoms with van der Waals surface area (Å²) in [6, 6.07) is 25.3. The molecule has 0 bridgehead atoms. The molecular formula is C32H28Cl2FN3O. The van der Waals surface area contributed by atoms with Crippen LogP contribution in [0.3, 0.4) is 0 Å². The molecular weight excluding hydrogens is 532 g/mol. The third-order valence-electron chi connectivity index (χ3n) is 7.09. The molecule has 0 aliphatic heterocycles. The third kappa shape index (κ3) is 6.16. The van der Waals surface area contributed by atoms with Gasteiger partial charge in [0.05, 0.1) is 11.7 Å². The number of nitrogens with zero attached hydrogens (tertiary/aromatic N) is 2. The molecule has 0 fully saturated rings. The van der Waals surface area contributed by atoms with E-state index >= 15 is 0 Å². The Morgan fingerprint density at radius 2 is 1.69 bits per heavy atom. The molecule has 1 N–H and O–H groups in total. The van der Waals surface area contributed by atoms with Gasteiger partial charge in [0.25, 0.3) is 5.91 Å². The van der Waals surface area contributed by atoms with Gasteiger partial charge in [0.2, 0.25) is 0 Å². The van der Waals surface area contributed by atoms with Crippen molar-refractivity contribution in [3.8, 4) is 11.1 Å². The first kappa shape index (κ1) is 26.9. The highest BCUT2D eigenvalue weighted by atomic mass is 35.5. The summed E-state index contributed by atoms with van der Waals surface area (Å²) in [7, 11) is 1.96. The van der Waals surface area contributed by atoms with E-state index < -0.39 is 0 Å². The largest absolute Gasteiger partial charge is 0.359 e. The van der Waals surface area contributed by atoms with Crippen LogP contribution in [0.4, 0.5) is 10.1 Å². The topological polar surface area (TPSA) is 44.7 Å². The monoisotopic (exact) mass is 559 g/mol. The molecule has 0 radical (unpaired) electrons. The number of halogens is 3. The van der Waals surface area contributed by atoms with Gasteiger partial charge in [0.15, 0.2) is 0 Å². The molecule has 198 valence electrons. The number of carbonyl (C=O) groups excluding carboxylic acids is 1. The highest BCUT2D eigenvalue weighted by Gasteiger charge is 2.25. The molecule has 4 aromatic rings. The maximum Gasteiger partial charge on any atom is 0.251 e. The quantitative estimate of drug-likeness (QED) is 0.190. The zero-order valence-electron chi connectivity index (χ0n) is 21.7. The van der Waals surface area contributed by atoms with Crippen molar-refractivity contribution in [1.29, 1.82) is 0 Å². The number of hydrogen-bond acceptors (Lipinski definition) is 2. The zero-order chi connectivity index (χ0) is 27.5. The Labute approximate surface area is 238 Å². The maximum atomic E-state index is 13.2. The van der Waals surface area contributed by atoms with Gasteiger partial charge >= 0.3 is 0 Å². The second-order valence-corrected chi connectivity index (χ2v) is 10.6. The van der Waals surface area contributed by atoms with Crippen LogP contribution in [-0.4, -0.2) is 23.7 Å². The predicted molar refractivity (Wildman–Crippen MR) is 158 cm³/mol. The van der Waals surface area contributed by atoms with Gasteiger partial charge in [-0.25, -0.2) is 9.38 Å². The Balaban J connectivity index is 1.28. The Kier molecular flexibility index (Phi) is 8.01. The van der Waals surface area contributed by atoms with Gasteiger partial charge in [-0.3, -0.25) is 4.79 Å². The highest BCUT2D eigenvalue weighted by molar-refractivity contribution is 6.39. The number of benzene rings is 4. The van der Waals surface area contributed by atoms with Gasteiger partial charge in [-0.1, -0.05) is 59.6 Å². The SMILES string of the molecule is CC(=Nc1ccc2c(c1)C(NC(=O)c1ccc(-c3c(Cl)cccc3Cl)cc1)CC2)N(C)Cc1ccc(F)cc1. The van der Waals surface area contributed by atoms with Crippen LogP contribution in [0.25, 0.3) is 11.1 Å². The zero-order valence-corrected chi connectivity index (χ0v) is 23.2. The number of amidine groups is 1. The number of aliphatic imine (C=N–C) groups is 1. The second kappa shape index (κ2) is 11.6. The molecule has 0 saturated heterocycles. The van der Waals surface area contributed by atoms with Crippen molar-refractivity contribution in [2.45, 2.75) is 32.4 Å². The van der Waals surface area contributed by atoms with Crippen molar-refractivity contribution >= 4 is 40.6 Å².